The number of carbonyl (C=O) groups excluding carboxylic acids is 1. The van der Waals surface area contributed by atoms with E-state index in [1.54, 1.807) is 34.9 Å². The van der Waals surface area contributed by atoms with Crippen molar-refractivity contribution in [3.8, 4) is 11.6 Å². The Morgan fingerprint density at radius 2 is 1.84 bits per heavy atom. The predicted molar refractivity (Wildman–Crippen MR) is 126 cm³/mol. The maximum absolute atomic E-state index is 13.7. The van der Waals surface area contributed by atoms with Crippen molar-refractivity contribution in [1.29, 1.82) is 0 Å². The molecule has 0 aliphatic carbocycles. The number of hydrogen-bond acceptors (Lipinski definition) is 7. The van der Waals surface area contributed by atoms with Crippen LogP contribution in [-0.2, 0) is 11.2 Å². The van der Waals surface area contributed by atoms with E-state index in [-0.39, 0.29) is 23.6 Å². The van der Waals surface area contributed by atoms with Gasteiger partial charge in [0.25, 0.3) is 12.9 Å². The van der Waals surface area contributed by atoms with E-state index in [0.29, 0.717) is 39.6 Å². The number of carbonyl (C=O) groups is 1. The van der Waals surface area contributed by atoms with E-state index in [1.165, 1.54) is 12.4 Å². The number of aryl methyl sites for hydroxylation is 1. The van der Waals surface area contributed by atoms with Crippen LogP contribution in [0.2, 0.25) is 0 Å². The van der Waals surface area contributed by atoms with Crippen molar-refractivity contribution >= 4 is 28.8 Å². The first kappa shape index (κ1) is 24.0. The van der Waals surface area contributed by atoms with Crippen LogP contribution in [0.5, 0.6) is 0 Å². The van der Waals surface area contributed by atoms with Crippen LogP contribution in [0.3, 0.4) is 0 Å². The number of nitrogens with zero attached hydrogens (tertiary/aromatic N) is 7. The van der Waals surface area contributed by atoms with Gasteiger partial charge in [0, 0.05) is 17.7 Å². The van der Waals surface area contributed by atoms with Crippen LogP contribution in [0.1, 0.15) is 35.5 Å². The van der Waals surface area contributed by atoms with Gasteiger partial charge in [0.2, 0.25) is 0 Å². The Kier molecular flexibility index (Phi) is 6.34. The smallest absolute Gasteiger partial charge is 0.282 e. The summed E-state index contributed by atoms with van der Waals surface area (Å²) in [5.41, 5.74) is 1.42. The zero-order valence-corrected chi connectivity index (χ0v) is 19.2. The summed E-state index contributed by atoms with van der Waals surface area (Å²) in [4.78, 5) is 20.0. The molecule has 0 fully saturated rings. The molecule has 0 saturated heterocycles. The molecule has 0 aliphatic rings. The van der Waals surface area contributed by atoms with Gasteiger partial charge in [-0.3, -0.25) is 4.57 Å². The average molecular weight is 510 g/mol. The van der Waals surface area contributed by atoms with Crippen molar-refractivity contribution in [2.24, 2.45) is 0 Å². The van der Waals surface area contributed by atoms with Crippen LogP contribution < -0.4 is 5.32 Å². The van der Waals surface area contributed by atoms with Gasteiger partial charge in [-0.15, -0.1) is 5.10 Å². The topological polar surface area (TPSA) is 103 Å². The molecule has 1 N–H and O–H groups in total. The van der Waals surface area contributed by atoms with Crippen molar-refractivity contribution < 1.29 is 22.4 Å². The summed E-state index contributed by atoms with van der Waals surface area (Å²) in [7, 11) is 0. The third-order valence-electron chi connectivity index (χ3n) is 5.51. The molecule has 0 unspecified atom stereocenters. The molecular formula is C24H18F4N8O. The van der Waals surface area contributed by atoms with Crippen LogP contribution in [-0.4, -0.2) is 40.8 Å². The number of pyridine rings is 1. The van der Waals surface area contributed by atoms with Crippen LogP contribution in [0.15, 0.2) is 54.9 Å². The van der Waals surface area contributed by atoms with E-state index in [4.69, 9.17) is 0 Å². The number of benzene rings is 1. The van der Waals surface area contributed by atoms with Gasteiger partial charge in [-0.2, -0.15) is 10.2 Å². The van der Waals surface area contributed by atoms with Gasteiger partial charge in [-0.1, -0.05) is 6.07 Å². The number of aldehydes is 1. The summed E-state index contributed by atoms with van der Waals surface area (Å²) in [6.45, 7) is 1.83. The third kappa shape index (κ3) is 4.75. The van der Waals surface area contributed by atoms with Gasteiger partial charge in [0.05, 0.1) is 16.7 Å². The highest BCUT2D eigenvalue weighted by molar-refractivity contribution is 5.82. The minimum Gasteiger partial charge on any atom is -0.339 e. The highest BCUT2D eigenvalue weighted by atomic mass is 19.3. The third-order valence-corrected chi connectivity index (χ3v) is 5.51. The second-order valence-electron chi connectivity index (χ2n) is 8.03. The van der Waals surface area contributed by atoms with E-state index in [9.17, 15) is 22.4 Å². The normalized spacial score (nSPS) is 11.5. The highest BCUT2D eigenvalue weighted by Gasteiger charge is 2.24. The van der Waals surface area contributed by atoms with Gasteiger partial charge in [0.1, 0.15) is 29.8 Å². The molecule has 37 heavy (non-hydrogen) atoms. The van der Waals surface area contributed by atoms with Crippen LogP contribution in [0, 0.1) is 6.92 Å². The van der Waals surface area contributed by atoms with Crippen molar-refractivity contribution in [1.82, 2.24) is 34.5 Å². The molecule has 1 aromatic carbocycles. The standard InChI is InChI=1S/C24H18F4N8O/c1-13-2-6-20(33-32-13)30-15-4-5-18-16(10-15)29-12-35(18)21-7-3-14(8-9-37)24(31-21)36-19(23(27)28)11-17(34-36)22(25)26/h2-7,9-12,22-23H,8H2,1H3,(H,30,33). The molecule has 0 spiro atoms. The summed E-state index contributed by atoms with van der Waals surface area (Å²) >= 11 is 0. The molecule has 0 aliphatic heterocycles. The Morgan fingerprint density at radius 1 is 1.00 bits per heavy atom. The van der Waals surface area contributed by atoms with Gasteiger partial charge >= 0.3 is 0 Å². The maximum atomic E-state index is 13.7. The minimum absolute atomic E-state index is 0.148. The van der Waals surface area contributed by atoms with E-state index in [2.05, 4.69) is 30.6 Å². The van der Waals surface area contributed by atoms with Crippen LogP contribution in [0.25, 0.3) is 22.7 Å². The first-order valence-electron chi connectivity index (χ1n) is 11.0. The average Bonchev–Trinajstić information content (AvgIpc) is 3.51. The Hall–Kier alpha value is -4.68. The van der Waals surface area contributed by atoms with Crippen molar-refractivity contribution in [2.45, 2.75) is 26.2 Å². The van der Waals surface area contributed by atoms with Gasteiger partial charge in [-0.05, 0) is 49.4 Å². The summed E-state index contributed by atoms with van der Waals surface area (Å²) in [5.74, 6) is 0.676. The zero-order chi connectivity index (χ0) is 26.1. The van der Waals surface area contributed by atoms with Crippen LogP contribution in [0.4, 0.5) is 29.1 Å². The molecule has 5 rings (SSSR count). The van der Waals surface area contributed by atoms with E-state index < -0.39 is 24.2 Å². The number of aromatic nitrogens is 7. The fourth-order valence-corrected chi connectivity index (χ4v) is 3.77. The molecule has 0 saturated carbocycles. The molecule has 13 heteroatoms. The molecule has 0 bridgehead atoms. The van der Waals surface area contributed by atoms with E-state index in [1.807, 2.05) is 13.0 Å². The molecule has 4 aromatic heterocycles. The van der Waals surface area contributed by atoms with Gasteiger partial charge in [-0.25, -0.2) is 32.2 Å². The number of halogens is 4. The fourth-order valence-electron chi connectivity index (χ4n) is 3.77. The molecule has 5 aromatic rings. The molecule has 0 amide bonds. The summed E-state index contributed by atoms with van der Waals surface area (Å²) in [5, 5.41) is 14.9. The second kappa shape index (κ2) is 9.76. The largest absolute Gasteiger partial charge is 0.339 e. The first-order chi connectivity index (χ1) is 17.8. The summed E-state index contributed by atoms with van der Waals surface area (Å²) in [6.07, 6.45) is -4.25. The minimum atomic E-state index is -3.09. The lowest BCUT2D eigenvalue weighted by Crippen LogP contribution is -2.11. The Labute approximate surface area is 206 Å². The molecule has 9 nitrogen and oxygen atoms in total. The monoisotopic (exact) mass is 510 g/mol. The van der Waals surface area contributed by atoms with Crippen molar-refractivity contribution in [2.75, 3.05) is 5.32 Å². The zero-order valence-electron chi connectivity index (χ0n) is 19.2. The lowest BCUT2D eigenvalue weighted by molar-refractivity contribution is -0.107. The Balaban J connectivity index is 1.56. The lowest BCUT2D eigenvalue weighted by atomic mass is 10.2. The van der Waals surface area contributed by atoms with E-state index in [0.717, 1.165) is 5.69 Å². The summed E-state index contributed by atoms with van der Waals surface area (Å²) < 4.78 is 56.1. The number of rotatable bonds is 8. The molecule has 188 valence electrons. The summed E-state index contributed by atoms with van der Waals surface area (Å²) in [6, 6.07) is 12.7. The van der Waals surface area contributed by atoms with E-state index >= 15 is 0 Å². The van der Waals surface area contributed by atoms with Gasteiger partial charge < -0.3 is 10.1 Å². The lowest BCUT2D eigenvalue weighted by Gasteiger charge is -2.13. The number of alkyl halides is 4. The fraction of sp³-hybridized carbons (Fsp3) is 0.167. The highest BCUT2D eigenvalue weighted by Crippen LogP contribution is 2.29. The SMILES string of the molecule is Cc1ccc(Nc2ccc3c(c2)ncn3-c2ccc(CC=O)c(-n3nc(C(F)F)cc3C(F)F)n2)nn1. The number of fused-ring (bicyclic) bond motifs is 1. The Bertz CT molecular complexity index is 1580. The Morgan fingerprint density at radius 3 is 2.54 bits per heavy atom. The predicted octanol–water partition coefficient (Wildman–Crippen LogP) is 5.06. The number of anilines is 2. The quantitative estimate of drug-likeness (QED) is 0.230. The first-order valence-corrected chi connectivity index (χ1v) is 11.0. The number of nitrogens with one attached hydrogen (secondary N) is 1. The second-order valence-corrected chi connectivity index (χ2v) is 8.03. The molecule has 0 radical (unpaired) electrons. The van der Waals surface area contributed by atoms with Crippen molar-refractivity contribution in [3.05, 3.63) is 77.5 Å². The van der Waals surface area contributed by atoms with Crippen LogP contribution >= 0.6 is 0 Å². The van der Waals surface area contributed by atoms with Gasteiger partial charge in [0.15, 0.2) is 11.6 Å². The number of imidazole rings is 1. The molecule has 0 atom stereocenters. The molecular weight excluding hydrogens is 492 g/mol. The number of hydrogen-bond donors (Lipinski definition) is 1. The van der Waals surface area contributed by atoms with Crippen molar-refractivity contribution in [3.63, 3.8) is 0 Å². The molecule has 4 heterocycles. The maximum Gasteiger partial charge on any atom is 0.282 e.